The van der Waals surface area contributed by atoms with Crippen molar-refractivity contribution in [2.24, 2.45) is 4.99 Å². The van der Waals surface area contributed by atoms with Crippen molar-refractivity contribution in [3.63, 3.8) is 0 Å². The Hall–Kier alpha value is -1.75. The zero-order chi connectivity index (χ0) is 12.0. The highest BCUT2D eigenvalue weighted by Gasteiger charge is 2.04. The fraction of sp³-hybridized carbons (Fsp3) is 0.364. The summed E-state index contributed by atoms with van der Waals surface area (Å²) in [5.74, 6) is 0. The first-order valence-electron chi connectivity index (χ1n) is 5.06. The Morgan fingerprint density at radius 1 is 1.62 bits per heavy atom. The van der Waals surface area contributed by atoms with Crippen LogP contribution < -0.4 is 0 Å². The summed E-state index contributed by atoms with van der Waals surface area (Å²) in [6, 6.07) is 6.09. The highest BCUT2D eigenvalue weighted by molar-refractivity contribution is 5.80. The molecule has 0 fully saturated rings. The van der Waals surface area contributed by atoms with E-state index in [0.29, 0.717) is 5.56 Å². The number of benzene rings is 1. The maximum atomic E-state index is 10.5. The second kappa shape index (κ2) is 5.97. The monoisotopic (exact) mass is 222 g/mol. The minimum atomic E-state index is -0.444. The van der Waals surface area contributed by atoms with Crippen molar-refractivity contribution in [2.45, 2.75) is 19.4 Å². The molecule has 0 unspecified atom stereocenters. The van der Waals surface area contributed by atoms with Crippen molar-refractivity contribution in [1.82, 2.24) is 0 Å². The summed E-state index contributed by atoms with van der Waals surface area (Å²) in [5, 5.41) is 19.4. The standard InChI is InChI=1S/C11H14N2O3/c1-2-10(8-14)12-7-9-4-3-5-11(6-9)13(15)16/h3-7,10,14H,2,8H2,1H3/t10-/m1/s1. The quantitative estimate of drug-likeness (QED) is 0.468. The van der Waals surface area contributed by atoms with Crippen molar-refractivity contribution in [3.8, 4) is 0 Å². The summed E-state index contributed by atoms with van der Waals surface area (Å²) in [5.41, 5.74) is 0.710. The minimum Gasteiger partial charge on any atom is -0.394 e. The van der Waals surface area contributed by atoms with Gasteiger partial charge in [0.05, 0.1) is 17.6 Å². The number of non-ortho nitro benzene ring substituents is 1. The molecule has 0 heterocycles. The van der Waals surface area contributed by atoms with Crippen LogP contribution in [0, 0.1) is 10.1 Å². The third-order valence-electron chi connectivity index (χ3n) is 2.20. The molecule has 0 saturated heterocycles. The van der Waals surface area contributed by atoms with Crippen LogP contribution in [0.3, 0.4) is 0 Å². The lowest BCUT2D eigenvalue weighted by Gasteiger charge is -2.03. The minimum absolute atomic E-state index is 0.0120. The topological polar surface area (TPSA) is 75.7 Å². The van der Waals surface area contributed by atoms with Gasteiger partial charge in [0.1, 0.15) is 0 Å². The number of hydrogen-bond donors (Lipinski definition) is 1. The lowest BCUT2D eigenvalue weighted by Crippen LogP contribution is -2.08. The van der Waals surface area contributed by atoms with Gasteiger partial charge in [-0.25, -0.2) is 0 Å². The van der Waals surface area contributed by atoms with Crippen LogP contribution in [0.5, 0.6) is 0 Å². The van der Waals surface area contributed by atoms with E-state index in [2.05, 4.69) is 4.99 Å². The molecule has 0 bridgehead atoms. The van der Waals surface area contributed by atoms with Crippen LogP contribution in [0.15, 0.2) is 29.3 Å². The van der Waals surface area contributed by atoms with E-state index in [9.17, 15) is 10.1 Å². The number of nitro benzene ring substituents is 1. The highest BCUT2D eigenvalue weighted by Crippen LogP contribution is 2.11. The van der Waals surface area contributed by atoms with Gasteiger partial charge in [0, 0.05) is 18.3 Å². The number of aliphatic hydroxyl groups excluding tert-OH is 1. The van der Waals surface area contributed by atoms with E-state index in [0.717, 1.165) is 6.42 Å². The second-order valence-corrected chi connectivity index (χ2v) is 3.37. The average Bonchev–Trinajstić information content (AvgIpc) is 2.31. The number of aliphatic hydroxyl groups is 1. The number of hydrogen-bond acceptors (Lipinski definition) is 4. The zero-order valence-corrected chi connectivity index (χ0v) is 9.04. The fourth-order valence-corrected chi connectivity index (χ4v) is 1.19. The van der Waals surface area contributed by atoms with Gasteiger partial charge in [0.15, 0.2) is 0 Å². The third kappa shape index (κ3) is 3.43. The first kappa shape index (κ1) is 12.3. The maximum absolute atomic E-state index is 10.5. The van der Waals surface area contributed by atoms with Gasteiger partial charge in [-0.3, -0.25) is 15.1 Å². The number of nitrogens with zero attached hydrogens (tertiary/aromatic N) is 2. The predicted octanol–water partition coefficient (Wildman–Crippen LogP) is 1.78. The summed E-state index contributed by atoms with van der Waals surface area (Å²) in [7, 11) is 0. The SMILES string of the molecule is CC[C@H](CO)N=Cc1cccc([N+](=O)[O-])c1. The molecule has 1 aromatic rings. The van der Waals surface area contributed by atoms with Crippen molar-refractivity contribution in [1.29, 1.82) is 0 Å². The van der Waals surface area contributed by atoms with Gasteiger partial charge in [-0.1, -0.05) is 19.1 Å². The average molecular weight is 222 g/mol. The molecular formula is C11H14N2O3. The van der Waals surface area contributed by atoms with Crippen molar-refractivity contribution >= 4 is 11.9 Å². The van der Waals surface area contributed by atoms with Gasteiger partial charge in [-0.15, -0.1) is 0 Å². The van der Waals surface area contributed by atoms with E-state index >= 15 is 0 Å². The summed E-state index contributed by atoms with van der Waals surface area (Å²) in [4.78, 5) is 14.2. The van der Waals surface area contributed by atoms with E-state index in [1.807, 2.05) is 6.92 Å². The lowest BCUT2D eigenvalue weighted by molar-refractivity contribution is -0.384. The highest BCUT2D eigenvalue weighted by atomic mass is 16.6. The molecule has 0 aliphatic carbocycles. The molecule has 1 N–H and O–H groups in total. The van der Waals surface area contributed by atoms with E-state index in [-0.39, 0.29) is 18.3 Å². The number of rotatable bonds is 5. The van der Waals surface area contributed by atoms with Crippen LogP contribution in [0.2, 0.25) is 0 Å². The Balaban J connectivity index is 2.81. The first-order valence-corrected chi connectivity index (χ1v) is 5.06. The van der Waals surface area contributed by atoms with Gasteiger partial charge in [0.2, 0.25) is 0 Å². The predicted molar refractivity (Wildman–Crippen MR) is 61.9 cm³/mol. The molecule has 0 amide bonds. The van der Waals surface area contributed by atoms with Crippen molar-refractivity contribution in [2.75, 3.05) is 6.61 Å². The molecule has 1 atom stereocenters. The summed E-state index contributed by atoms with van der Waals surface area (Å²) in [6.07, 6.45) is 2.29. The Labute approximate surface area is 93.6 Å². The zero-order valence-electron chi connectivity index (χ0n) is 9.04. The molecule has 0 saturated carbocycles. The van der Waals surface area contributed by atoms with Crippen LogP contribution >= 0.6 is 0 Å². The Morgan fingerprint density at radius 2 is 2.38 bits per heavy atom. The molecule has 0 radical (unpaired) electrons. The largest absolute Gasteiger partial charge is 0.394 e. The van der Waals surface area contributed by atoms with Gasteiger partial charge < -0.3 is 5.11 Å². The van der Waals surface area contributed by atoms with Gasteiger partial charge in [-0.05, 0) is 12.0 Å². The van der Waals surface area contributed by atoms with Crippen LogP contribution in [0.1, 0.15) is 18.9 Å². The second-order valence-electron chi connectivity index (χ2n) is 3.37. The van der Waals surface area contributed by atoms with Crippen LogP contribution in [0.4, 0.5) is 5.69 Å². The number of aliphatic imine (C=N–C) groups is 1. The van der Waals surface area contributed by atoms with Crippen molar-refractivity contribution in [3.05, 3.63) is 39.9 Å². The Morgan fingerprint density at radius 3 is 2.94 bits per heavy atom. The molecule has 5 heteroatoms. The molecule has 1 aromatic carbocycles. The van der Waals surface area contributed by atoms with Crippen LogP contribution in [-0.4, -0.2) is 28.9 Å². The first-order chi connectivity index (χ1) is 7.67. The Kier molecular flexibility index (Phi) is 4.60. The molecule has 1 rings (SSSR count). The molecular weight excluding hydrogens is 208 g/mol. The van der Waals surface area contributed by atoms with Gasteiger partial charge in [0.25, 0.3) is 5.69 Å². The van der Waals surface area contributed by atoms with Gasteiger partial charge >= 0.3 is 0 Å². The third-order valence-corrected chi connectivity index (χ3v) is 2.20. The molecule has 0 spiro atoms. The van der Waals surface area contributed by atoms with E-state index in [1.165, 1.54) is 12.1 Å². The summed E-state index contributed by atoms with van der Waals surface area (Å²) in [6.45, 7) is 1.91. The molecule has 86 valence electrons. The molecule has 0 aliphatic rings. The van der Waals surface area contributed by atoms with E-state index in [4.69, 9.17) is 5.11 Å². The summed E-state index contributed by atoms with van der Waals surface area (Å²) >= 11 is 0. The van der Waals surface area contributed by atoms with Crippen LogP contribution in [0.25, 0.3) is 0 Å². The van der Waals surface area contributed by atoms with Crippen molar-refractivity contribution < 1.29 is 10.0 Å². The van der Waals surface area contributed by atoms with E-state index in [1.54, 1.807) is 18.3 Å². The molecule has 0 aromatic heterocycles. The fourth-order valence-electron chi connectivity index (χ4n) is 1.19. The van der Waals surface area contributed by atoms with Crippen LogP contribution in [-0.2, 0) is 0 Å². The summed E-state index contributed by atoms with van der Waals surface area (Å²) < 4.78 is 0. The Bertz CT molecular complexity index is 387. The lowest BCUT2D eigenvalue weighted by atomic mass is 10.2. The maximum Gasteiger partial charge on any atom is 0.270 e. The molecule has 0 aliphatic heterocycles. The number of nitro groups is 1. The van der Waals surface area contributed by atoms with E-state index < -0.39 is 4.92 Å². The smallest absolute Gasteiger partial charge is 0.270 e. The normalized spacial score (nSPS) is 12.9. The molecule has 16 heavy (non-hydrogen) atoms. The molecule has 5 nitrogen and oxygen atoms in total. The van der Waals surface area contributed by atoms with Gasteiger partial charge in [-0.2, -0.15) is 0 Å².